The van der Waals surface area contributed by atoms with Gasteiger partial charge in [0.2, 0.25) is 0 Å². The van der Waals surface area contributed by atoms with Gasteiger partial charge in [-0.15, -0.1) is 0 Å². The standard InChI is InChI=1S/C16H28N2O/c1-5-13(2)11-18(3)16(10-17)15-8-6-7-14(9-15)12-19-4/h6-9,13,16H,5,10-12,17H2,1-4H3. The number of rotatable bonds is 8. The van der Waals surface area contributed by atoms with E-state index >= 15 is 0 Å². The summed E-state index contributed by atoms with van der Waals surface area (Å²) in [6, 6.07) is 8.82. The SMILES string of the molecule is CCC(C)CN(C)C(CN)c1cccc(COC)c1. The summed E-state index contributed by atoms with van der Waals surface area (Å²) in [5.41, 5.74) is 8.46. The number of benzene rings is 1. The van der Waals surface area contributed by atoms with Gasteiger partial charge in [-0.2, -0.15) is 0 Å². The Morgan fingerprint density at radius 1 is 1.37 bits per heavy atom. The minimum absolute atomic E-state index is 0.283. The molecule has 0 aliphatic carbocycles. The van der Waals surface area contributed by atoms with E-state index in [1.54, 1.807) is 7.11 Å². The van der Waals surface area contributed by atoms with Gasteiger partial charge < -0.3 is 10.5 Å². The lowest BCUT2D eigenvalue weighted by molar-refractivity contribution is 0.184. The molecule has 0 aliphatic rings. The van der Waals surface area contributed by atoms with E-state index in [4.69, 9.17) is 10.5 Å². The molecule has 0 aliphatic heterocycles. The minimum atomic E-state index is 0.283. The predicted octanol–water partition coefficient (Wildman–Crippen LogP) is 2.81. The van der Waals surface area contributed by atoms with Gasteiger partial charge in [0.1, 0.15) is 0 Å². The van der Waals surface area contributed by atoms with Crippen LogP contribution in [0, 0.1) is 5.92 Å². The fraction of sp³-hybridized carbons (Fsp3) is 0.625. The van der Waals surface area contributed by atoms with Crippen LogP contribution in [0.2, 0.25) is 0 Å². The summed E-state index contributed by atoms with van der Waals surface area (Å²) in [6.45, 7) is 6.89. The molecule has 0 bridgehead atoms. The lowest BCUT2D eigenvalue weighted by atomic mass is 10.0. The molecular formula is C16H28N2O. The third-order valence-corrected chi connectivity index (χ3v) is 3.70. The Morgan fingerprint density at radius 2 is 2.11 bits per heavy atom. The Hall–Kier alpha value is -0.900. The normalized spacial score (nSPS) is 14.6. The largest absolute Gasteiger partial charge is 0.380 e. The number of nitrogens with two attached hydrogens (primary N) is 1. The van der Waals surface area contributed by atoms with Crippen molar-refractivity contribution in [1.82, 2.24) is 4.90 Å². The Labute approximate surface area is 117 Å². The van der Waals surface area contributed by atoms with Crippen LogP contribution < -0.4 is 5.73 Å². The van der Waals surface area contributed by atoms with Crippen LogP contribution in [-0.2, 0) is 11.3 Å². The topological polar surface area (TPSA) is 38.5 Å². The molecule has 0 heterocycles. The molecule has 0 saturated heterocycles. The van der Waals surface area contributed by atoms with E-state index in [9.17, 15) is 0 Å². The summed E-state index contributed by atoms with van der Waals surface area (Å²) in [5.74, 6) is 0.696. The highest BCUT2D eigenvalue weighted by molar-refractivity contribution is 5.26. The summed E-state index contributed by atoms with van der Waals surface area (Å²) in [6.07, 6.45) is 1.20. The lowest BCUT2D eigenvalue weighted by Crippen LogP contribution is -2.33. The number of hydrogen-bond donors (Lipinski definition) is 1. The fourth-order valence-corrected chi connectivity index (χ4v) is 2.38. The van der Waals surface area contributed by atoms with Crippen molar-refractivity contribution < 1.29 is 4.74 Å². The Bertz CT molecular complexity index is 368. The molecule has 1 rings (SSSR count). The molecule has 2 atom stereocenters. The molecule has 3 heteroatoms. The molecule has 1 aromatic rings. The van der Waals surface area contributed by atoms with Crippen LogP contribution >= 0.6 is 0 Å². The molecule has 2 unspecified atom stereocenters. The second-order valence-electron chi connectivity index (χ2n) is 5.38. The van der Waals surface area contributed by atoms with Gasteiger partial charge in [-0.3, -0.25) is 4.90 Å². The van der Waals surface area contributed by atoms with Gasteiger partial charge in [-0.05, 0) is 24.1 Å². The molecule has 0 aromatic heterocycles. The summed E-state index contributed by atoms with van der Waals surface area (Å²) in [5, 5.41) is 0. The van der Waals surface area contributed by atoms with Crippen molar-refractivity contribution in [2.75, 3.05) is 27.2 Å². The van der Waals surface area contributed by atoms with Gasteiger partial charge in [0.15, 0.2) is 0 Å². The number of hydrogen-bond acceptors (Lipinski definition) is 3. The fourth-order valence-electron chi connectivity index (χ4n) is 2.38. The van der Waals surface area contributed by atoms with Gasteiger partial charge in [0, 0.05) is 26.2 Å². The second-order valence-corrected chi connectivity index (χ2v) is 5.38. The monoisotopic (exact) mass is 264 g/mol. The van der Waals surface area contributed by atoms with Crippen molar-refractivity contribution in [3.8, 4) is 0 Å². The van der Waals surface area contributed by atoms with Crippen LogP contribution in [0.15, 0.2) is 24.3 Å². The molecule has 3 nitrogen and oxygen atoms in total. The smallest absolute Gasteiger partial charge is 0.0713 e. The highest BCUT2D eigenvalue weighted by Crippen LogP contribution is 2.21. The van der Waals surface area contributed by atoms with E-state index in [0.717, 1.165) is 6.54 Å². The van der Waals surface area contributed by atoms with E-state index in [2.05, 4.69) is 50.1 Å². The van der Waals surface area contributed by atoms with E-state index in [0.29, 0.717) is 19.1 Å². The maximum absolute atomic E-state index is 5.97. The quantitative estimate of drug-likeness (QED) is 0.784. The van der Waals surface area contributed by atoms with Gasteiger partial charge in [-0.1, -0.05) is 44.5 Å². The predicted molar refractivity (Wildman–Crippen MR) is 81.0 cm³/mol. The highest BCUT2D eigenvalue weighted by atomic mass is 16.5. The number of likely N-dealkylation sites (N-methyl/N-ethyl adjacent to an activating group) is 1. The zero-order chi connectivity index (χ0) is 14.3. The van der Waals surface area contributed by atoms with Crippen molar-refractivity contribution in [3.05, 3.63) is 35.4 Å². The molecule has 0 amide bonds. The van der Waals surface area contributed by atoms with E-state index in [-0.39, 0.29) is 6.04 Å². The van der Waals surface area contributed by atoms with Crippen LogP contribution in [0.1, 0.15) is 37.4 Å². The van der Waals surface area contributed by atoms with E-state index in [1.807, 2.05) is 0 Å². The highest BCUT2D eigenvalue weighted by Gasteiger charge is 2.17. The molecular weight excluding hydrogens is 236 g/mol. The first-order chi connectivity index (χ1) is 9.12. The van der Waals surface area contributed by atoms with Crippen molar-refractivity contribution in [1.29, 1.82) is 0 Å². The second kappa shape index (κ2) is 8.31. The van der Waals surface area contributed by atoms with E-state index in [1.165, 1.54) is 17.5 Å². The maximum Gasteiger partial charge on any atom is 0.0713 e. The van der Waals surface area contributed by atoms with Crippen LogP contribution in [0.3, 0.4) is 0 Å². The Balaban J connectivity index is 2.80. The average molecular weight is 264 g/mol. The van der Waals surface area contributed by atoms with Crippen LogP contribution in [0.5, 0.6) is 0 Å². The van der Waals surface area contributed by atoms with Crippen molar-refractivity contribution in [3.63, 3.8) is 0 Å². The maximum atomic E-state index is 5.97. The van der Waals surface area contributed by atoms with Gasteiger partial charge >= 0.3 is 0 Å². The number of ether oxygens (including phenoxy) is 1. The summed E-state index contributed by atoms with van der Waals surface area (Å²) in [7, 11) is 3.88. The third kappa shape index (κ3) is 4.94. The lowest BCUT2D eigenvalue weighted by Gasteiger charge is -2.29. The van der Waals surface area contributed by atoms with Crippen molar-refractivity contribution in [2.24, 2.45) is 11.7 Å². The molecule has 19 heavy (non-hydrogen) atoms. The summed E-state index contributed by atoms with van der Waals surface area (Å²) < 4.78 is 5.19. The first kappa shape index (κ1) is 16.2. The number of nitrogens with zero attached hydrogens (tertiary/aromatic N) is 1. The van der Waals surface area contributed by atoms with Crippen molar-refractivity contribution in [2.45, 2.75) is 32.9 Å². The van der Waals surface area contributed by atoms with E-state index < -0.39 is 0 Å². The van der Waals surface area contributed by atoms with Crippen LogP contribution in [-0.4, -0.2) is 32.1 Å². The van der Waals surface area contributed by atoms with Crippen LogP contribution in [0.4, 0.5) is 0 Å². The van der Waals surface area contributed by atoms with Gasteiger partial charge in [-0.25, -0.2) is 0 Å². The molecule has 0 saturated carbocycles. The summed E-state index contributed by atoms with van der Waals surface area (Å²) >= 11 is 0. The summed E-state index contributed by atoms with van der Waals surface area (Å²) in [4.78, 5) is 2.36. The van der Waals surface area contributed by atoms with Crippen molar-refractivity contribution >= 4 is 0 Å². The first-order valence-electron chi connectivity index (χ1n) is 7.10. The average Bonchev–Trinajstić information content (AvgIpc) is 2.40. The molecule has 2 N–H and O–H groups in total. The molecule has 0 spiro atoms. The van der Waals surface area contributed by atoms with Crippen LogP contribution in [0.25, 0.3) is 0 Å². The first-order valence-corrected chi connectivity index (χ1v) is 7.10. The zero-order valence-electron chi connectivity index (χ0n) is 12.7. The Kier molecular flexibility index (Phi) is 7.06. The number of methoxy groups -OCH3 is 1. The molecule has 108 valence electrons. The Morgan fingerprint density at radius 3 is 2.68 bits per heavy atom. The molecule has 0 radical (unpaired) electrons. The minimum Gasteiger partial charge on any atom is -0.380 e. The third-order valence-electron chi connectivity index (χ3n) is 3.70. The van der Waals surface area contributed by atoms with Gasteiger partial charge in [0.25, 0.3) is 0 Å². The van der Waals surface area contributed by atoms with Gasteiger partial charge in [0.05, 0.1) is 6.61 Å². The zero-order valence-corrected chi connectivity index (χ0v) is 12.7. The molecule has 1 aromatic carbocycles. The molecule has 0 fully saturated rings.